The zero-order valence-corrected chi connectivity index (χ0v) is 7.28. The molecule has 0 unspecified atom stereocenters. The lowest BCUT2D eigenvalue weighted by atomic mass is 10.3. The highest BCUT2D eigenvalue weighted by atomic mass is 16.5. The lowest BCUT2D eigenvalue weighted by Crippen LogP contribution is -2.06. The van der Waals surface area contributed by atoms with Crippen molar-refractivity contribution in [3.05, 3.63) is 17.2 Å². The first-order valence-electron chi connectivity index (χ1n) is 3.64. The zero-order chi connectivity index (χ0) is 9.40. The van der Waals surface area contributed by atoms with Gasteiger partial charge in [-0.25, -0.2) is 4.79 Å². The third-order valence-corrected chi connectivity index (χ3v) is 1.08. The summed E-state index contributed by atoms with van der Waals surface area (Å²) in [4.78, 5) is 13.1. The van der Waals surface area contributed by atoms with Crippen molar-refractivity contribution >= 4 is 12.2 Å². The van der Waals surface area contributed by atoms with Gasteiger partial charge in [-0.05, 0) is 20.3 Å². The number of carbonyl (C=O) groups is 1. The number of ether oxygens (including phenoxy) is 1. The van der Waals surface area contributed by atoms with Crippen LogP contribution in [0.2, 0.25) is 0 Å². The van der Waals surface area contributed by atoms with E-state index >= 15 is 0 Å². The minimum absolute atomic E-state index is 0.316. The van der Waals surface area contributed by atoms with Crippen LogP contribution in [0, 0.1) is 0 Å². The van der Waals surface area contributed by atoms with Gasteiger partial charge in [-0.2, -0.15) is 4.79 Å². The maximum Gasteiger partial charge on any atom is 0.413 e. The molecule has 0 fully saturated rings. The van der Waals surface area contributed by atoms with Gasteiger partial charge in [-0.3, -0.25) is 0 Å². The van der Waals surface area contributed by atoms with Gasteiger partial charge in [0.05, 0.1) is 6.61 Å². The van der Waals surface area contributed by atoms with E-state index in [1.54, 1.807) is 0 Å². The third-order valence-electron chi connectivity index (χ3n) is 1.08. The number of hydrogen-bond donors (Lipinski definition) is 0. The second-order valence-corrected chi connectivity index (χ2v) is 2.48. The highest BCUT2D eigenvalue weighted by Crippen LogP contribution is 1.92. The van der Waals surface area contributed by atoms with Gasteiger partial charge in [-0.15, -0.1) is 0 Å². The van der Waals surface area contributed by atoms with Crippen LogP contribution in [0.3, 0.4) is 0 Å². The Kier molecular flexibility index (Phi) is 5.57. The maximum absolute atomic E-state index is 10.5. The van der Waals surface area contributed by atoms with Crippen molar-refractivity contribution in [1.29, 1.82) is 0 Å². The van der Waals surface area contributed by atoms with E-state index in [1.807, 2.05) is 19.9 Å². The lowest BCUT2D eigenvalue weighted by molar-refractivity contribution is -0.138. The number of carbonyl (C=O) groups excluding carboxylic acids is 1. The summed E-state index contributed by atoms with van der Waals surface area (Å²) in [5, 5.41) is 0. The van der Waals surface area contributed by atoms with Crippen molar-refractivity contribution in [2.24, 2.45) is 0 Å². The first-order valence-corrected chi connectivity index (χ1v) is 3.64. The summed E-state index contributed by atoms with van der Waals surface area (Å²) in [5.74, 6) is -0.625. The van der Waals surface area contributed by atoms with Gasteiger partial charge < -0.3 is 10.3 Å². The maximum atomic E-state index is 10.5. The molecular weight excluding hydrogens is 156 g/mol. The number of hydrogen-bond acceptors (Lipinski definition) is 2. The topological polar surface area (TPSA) is 62.7 Å². The molecule has 12 heavy (non-hydrogen) atoms. The van der Waals surface area contributed by atoms with Crippen LogP contribution in [-0.2, 0) is 9.53 Å². The number of allylic oxidation sites excluding steroid dienone is 1. The first kappa shape index (κ1) is 10.6. The molecule has 4 heteroatoms. The van der Waals surface area contributed by atoms with E-state index in [4.69, 9.17) is 5.53 Å². The molecule has 0 rings (SSSR count). The summed E-state index contributed by atoms with van der Waals surface area (Å²) in [6.07, 6.45) is 3.37. The molecule has 0 radical (unpaired) electrons. The molecule has 66 valence electrons. The van der Waals surface area contributed by atoms with E-state index in [-0.39, 0.29) is 0 Å². The summed E-state index contributed by atoms with van der Waals surface area (Å²) in [5.41, 5.74) is 9.12. The fourth-order valence-electron chi connectivity index (χ4n) is 0.592. The largest absolute Gasteiger partial charge is 0.457 e. The van der Waals surface area contributed by atoms with E-state index < -0.39 is 5.97 Å². The number of esters is 1. The summed E-state index contributed by atoms with van der Waals surface area (Å²) < 4.78 is 4.64. The van der Waals surface area contributed by atoms with Crippen molar-refractivity contribution in [3.8, 4) is 0 Å². The SMILES string of the molecule is CC(C)=CCCOC(=O)C=[N+]=[N-]. The van der Waals surface area contributed by atoms with Gasteiger partial charge in [0, 0.05) is 0 Å². The van der Waals surface area contributed by atoms with E-state index in [0.717, 1.165) is 6.21 Å². The molecule has 0 heterocycles. The van der Waals surface area contributed by atoms with Gasteiger partial charge in [0.1, 0.15) is 0 Å². The van der Waals surface area contributed by atoms with Gasteiger partial charge in [-0.1, -0.05) is 11.6 Å². The Morgan fingerprint density at radius 3 is 2.75 bits per heavy atom. The molecule has 0 N–H and O–H groups in total. The average Bonchev–Trinajstić information content (AvgIpc) is 1.98. The summed E-state index contributed by atoms with van der Waals surface area (Å²) >= 11 is 0. The molecular formula is C8H12N2O2. The van der Waals surface area contributed by atoms with Crippen LogP contribution in [0.25, 0.3) is 5.53 Å². The molecule has 0 amide bonds. The third kappa shape index (κ3) is 6.71. The minimum atomic E-state index is -0.625. The Bertz CT molecular complexity index is 223. The van der Waals surface area contributed by atoms with Crippen LogP contribution in [0.4, 0.5) is 0 Å². The fourth-order valence-corrected chi connectivity index (χ4v) is 0.592. The highest BCUT2D eigenvalue weighted by Gasteiger charge is 2.00. The monoisotopic (exact) mass is 168 g/mol. The minimum Gasteiger partial charge on any atom is -0.457 e. The molecule has 0 aromatic carbocycles. The Balaban J connectivity index is 3.50. The number of nitrogens with zero attached hydrogens (tertiary/aromatic N) is 2. The zero-order valence-electron chi connectivity index (χ0n) is 7.28. The molecule has 0 spiro atoms. The molecule has 0 aromatic heterocycles. The molecule has 0 atom stereocenters. The predicted molar refractivity (Wildman–Crippen MR) is 44.7 cm³/mol. The van der Waals surface area contributed by atoms with Crippen molar-refractivity contribution in [2.45, 2.75) is 20.3 Å². The van der Waals surface area contributed by atoms with Crippen molar-refractivity contribution < 1.29 is 14.3 Å². The predicted octanol–water partition coefficient (Wildman–Crippen LogP) is 1.19. The van der Waals surface area contributed by atoms with Crippen LogP contribution >= 0.6 is 0 Å². The van der Waals surface area contributed by atoms with E-state index in [2.05, 4.69) is 9.53 Å². The second kappa shape index (κ2) is 6.31. The summed E-state index contributed by atoms with van der Waals surface area (Å²) in [6.45, 7) is 4.25. The second-order valence-electron chi connectivity index (χ2n) is 2.48. The molecule has 0 bridgehead atoms. The van der Waals surface area contributed by atoms with Crippen LogP contribution in [0.5, 0.6) is 0 Å². The molecule has 0 aliphatic rings. The molecule has 0 aliphatic carbocycles. The van der Waals surface area contributed by atoms with Gasteiger partial charge >= 0.3 is 12.2 Å². The standard InChI is InChI=1S/C8H12N2O2/c1-7(2)4-3-5-12-8(11)6-10-9/h4,6H,3,5H2,1-2H3. The lowest BCUT2D eigenvalue weighted by Gasteiger charge is -1.95. The van der Waals surface area contributed by atoms with Gasteiger partial charge in [0.2, 0.25) is 0 Å². The van der Waals surface area contributed by atoms with Crippen LogP contribution in [-0.4, -0.2) is 23.6 Å². The fraction of sp³-hybridized carbons (Fsp3) is 0.500. The van der Waals surface area contributed by atoms with Crippen molar-refractivity contribution in [2.75, 3.05) is 6.61 Å². The summed E-state index contributed by atoms with van der Waals surface area (Å²) in [7, 11) is 0. The van der Waals surface area contributed by atoms with E-state index in [0.29, 0.717) is 13.0 Å². The molecule has 0 aliphatic heterocycles. The quantitative estimate of drug-likeness (QED) is 0.158. The average molecular weight is 168 g/mol. The normalized spacial score (nSPS) is 8.17. The number of rotatable bonds is 4. The Morgan fingerprint density at radius 1 is 1.58 bits per heavy atom. The van der Waals surface area contributed by atoms with E-state index in [9.17, 15) is 4.79 Å². The Hall–Kier alpha value is -1.41. The van der Waals surface area contributed by atoms with Crippen molar-refractivity contribution in [3.63, 3.8) is 0 Å². The van der Waals surface area contributed by atoms with Crippen LogP contribution in [0.15, 0.2) is 11.6 Å². The Morgan fingerprint density at radius 2 is 2.25 bits per heavy atom. The molecule has 4 nitrogen and oxygen atoms in total. The van der Waals surface area contributed by atoms with Gasteiger partial charge in [0.15, 0.2) is 0 Å². The van der Waals surface area contributed by atoms with Crippen LogP contribution in [0.1, 0.15) is 20.3 Å². The van der Waals surface area contributed by atoms with Gasteiger partial charge in [0.25, 0.3) is 0 Å². The highest BCUT2D eigenvalue weighted by molar-refractivity contribution is 6.20. The van der Waals surface area contributed by atoms with E-state index in [1.165, 1.54) is 5.57 Å². The molecule has 0 saturated carbocycles. The molecule has 0 saturated heterocycles. The van der Waals surface area contributed by atoms with Crippen LogP contribution < -0.4 is 0 Å². The smallest absolute Gasteiger partial charge is 0.413 e. The summed E-state index contributed by atoms with van der Waals surface area (Å²) in [6, 6.07) is 0. The molecule has 0 aromatic rings. The Labute approximate surface area is 71.5 Å². The first-order chi connectivity index (χ1) is 5.66. The van der Waals surface area contributed by atoms with Crippen molar-refractivity contribution in [1.82, 2.24) is 0 Å².